The van der Waals surface area contributed by atoms with E-state index in [4.69, 9.17) is 0 Å². The third-order valence-corrected chi connectivity index (χ3v) is 4.56. The van der Waals surface area contributed by atoms with Gasteiger partial charge < -0.3 is 15.1 Å². The van der Waals surface area contributed by atoms with Gasteiger partial charge in [-0.25, -0.2) is 4.98 Å². The molecule has 3 rings (SSSR count). The maximum absolute atomic E-state index is 12.9. The van der Waals surface area contributed by atoms with Gasteiger partial charge in [0.25, 0.3) is 0 Å². The average molecular weight is 393 g/mol. The first-order valence-corrected chi connectivity index (χ1v) is 8.96. The van der Waals surface area contributed by atoms with E-state index in [0.29, 0.717) is 30.3 Å². The summed E-state index contributed by atoms with van der Waals surface area (Å²) in [5, 5.41) is 3.06. The number of carbonyl (C=O) groups is 1. The standard InChI is InChI=1S/C19H22F3N5O/c1-26(2)16-8-9-23-18(25-16)24-15-7-4-10-27(17(15)28)12-13-5-3-6-14(11-13)19(20,21)22/h3,5-6,8-9,11,15H,4,7,10,12H2,1-2H3,(H,23,24,25). The summed E-state index contributed by atoms with van der Waals surface area (Å²) in [6.07, 6.45) is -1.43. The molecule has 1 amide bonds. The van der Waals surface area contributed by atoms with E-state index in [2.05, 4.69) is 15.3 Å². The molecule has 0 radical (unpaired) electrons. The van der Waals surface area contributed by atoms with Crippen LogP contribution >= 0.6 is 0 Å². The van der Waals surface area contributed by atoms with Crippen molar-refractivity contribution >= 4 is 17.7 Å². The summed E-state index contributed by atoms with van der Waals surface area (Å²) in [5.41, 5.74) is -0.257. The molecule has 0 spiro atoms. The third-order valence-electron chi connectivity index (χ3n) is 4.56. The molecule has 0 saturated carbocycles. The van der Waals surface area contributed by atoms with Gasteiger partial charge in [0.2, 0.25) is 11.9 Å². The average Bonchev–Trinajstić information content (AvgIpc) is 2.65. The Morgan fingerprint density at radius 2 is 2.07 bits per heavy atom. The minimum Gasteiger partial charge on any atom is -0.363 e. The lowest BCUT2D eigenvalue weighted by atomic mass is 10.0. The second-order valence-electron chi connectivity index (χ2n) is 6.93. The van der Waals surface area contributed by atoms with Crippen LogP contribution < -0.4 is 10.2 Å². The van der Waals surface area contributed by atoms with E-state index < -0.39 is 17.8 Å². The molecule has 1 N–H and O–H groups in total. The van der Waals surface area contributed by atoms with Crippen LogP contribution in [0.3, 0.4) is 0 Å². The van der Waals surface area contributed by atoms with E-state index in [9.17, 15) is 18.0 Å². The number of rotatable bonds is 5. The summed E-state index contributed by atoms with van der Waals surface area (Å²) in [6, 6.07) is 6.34. The summed E-state index contributed by atoms with van der Waals surface area (Å²) in [4.78, 5) is 24.7. The number of anilines is 2. The molecule has 1 aliphatic rings. The number of likely N-dealkylation sites (tertiary alicyclic amines) is 1. The summed E-state index contributed by atoms with van der Waals surface area (Å²) in [6.45, 7) is 0.644. The van der Waals surface area contributed by atoms with E-state index >= 15 is 0 Å². The number of hydrogen-bond acceptors (Lipinski definition) is 5. The highest BCUT2D eigenvalue weighted by atomic mass is 19.4. The number of nitrogens with one attached hydrogen (secondary N) is 1. The third kappa shape index (κ3) is 4.71. The summed E-state index contributed by atoms with van der Waals surface area (Å²) in [7, 11) is 3.71. The molecule has 0 aliphatic carbocycles. The van der Waals surface area contributed by atoms with Crippen molar-refractivity contribution in [3.63, 3.8) is 0 Å². The molecule has 28 heavy (non-hydrogen) atoms. The Kier molecular flexibility index (Phi) is 5.71. The number of carbonyl (C=O) groups excluding carboxylic acids is 1. The Bertz CT molecular complexity index is 840. The molecule has 2 aromatic rings. The minimum atomic E-state index is -4.40. The van der Waals surface area contributed by atoms with Gasteiger partial charge >= 0.3 is 6.18 Å². The molecule has 0 bridgehead atoms. The molecule has 9 heteroatoms. The number of piperidine rings is 1. The van der Waals surface area contributed by atoms with Crippen molar-refractivity contribution in [3.05, 3.63) is 47.7 Å². The van der Waals surface area contributed by atoms with Gasteiger partial charge in [0.05, 0.1) is 5.56 Å². The second kappa shape index (κ2) is 8.04. The van der Waals surface area contributed by atoms with Crippen molar-refractivity contribution in [2.45, 2.75) is 31.6 Å². The highest BCUT2D eigenvalue weighted by Gasteiger charge is 2.32. The van der Waals surface area contributed by atoms with Crippen molar-refractivity contribution in [1.29, 1.82) is 0 Å². The number of hydrogen-bond donors (Lipinski definition) is 1. The van der Waals surface area contributed by atoms with Crippen molar-refractivity contribution in [2.24, 2.45) is 0 Å². The molecule has 1 fully saturated rings. The normalized spacial score (nSPS) is 17.5. The number of nitrogens with zero attached hydrogens (tertiary/aromatic N) is 4. The first kappa shape index (κ1) is 19.9. The van der Waals surface area contributed by atoms with Gasteiger partial charge in [-0.2, -0.15) is 18.2 Å². The first-order chi connectivity index (χ1) is 13.2. The molecule has 2 heterocycles. The molecule has 1 aromatic carbocycles. The van der Waals surface area contributed by atoms with E-state index in [1.54, 1.807) is 23.2 Å². The van der Waals surface area contributed by atoms with Crippen molar-refractivity contribution in [3.8, 4) is 0 Å². The van der Waals surface area contributed by atoms with Gasteiger partial charge in [0, 0.05) is 33.4 Å². The summed E-state index contributed by atoms with van der Waals surface area (Å²) >= 11 is 0. The fourth-order valence-corrected chi connectivity index (χ4v) is 3.12. The van der Waals surface area contributed by atoms with E-state index in [0.717, 1.165) is 18.6 Å². The SMILES string of the molecule is CN(C)c1ccnc(NC2CCCN(Cc3cccc(C(F)(F)F)c3)C2=O)n1. The number of aromatic nitrogens is 2. The fraction of sp³-hybridized carbons (Fsp3) is 0.421. The summed E-state index contributed by atoms with van der Waals surface area (Å²) in [5.74, 6) is 0.898. The van der Waals surface area contributed by atoms with Gasteiger partial charge in [0.1, 0.15) is 11.9 Å². The second-order valence-corrected chi connectivity index (χ2v) is 6.93. The van der Waals surface area contributed by atoms with Crippen LogP contribution in [0, 0.1) is 0 Å². The van der Waals surface area contributed by atoms with E-state index in [1.807, 2.05) is 19.0 Å². The Balaban J connectivity index is 1.70. The lowest BCUT2D eigenvalue weighted by Gasteiger charge is -2.33. The van der Waals surface area contributed by atoms with Crippen LogP contribution in [0.2, 0.25) is 0 Å². The van der Waals surface area contributed by atoms with Crippen LogP contribution in [-0.2, 0) is 17.5 Å². The Labute approximate surface area is 161 Å². The molecular weight excluding hydrogens is 371 g/mol. The monoisotopic (exact) mass is 393 g/mol. The topological polar surface area (TPSA) is 61.4 Å². The lowest BCUT2D eigenvalue weighted by molar-refractivity contribution is -0.137. The Hall–Kier alpha value is -2.84. The van der Waals surface area contributed by atoms with Crippen LogP contribution in [0.5, 0.6) is 0 Å². The Morgan fingerprint density at radius 3 is 2.79 bits per heavy atom. The van der Waals surface area contributed by atoms with Crippen molar-refractivity contribution in [1.82, 2.24) is 14.9 Å². The predicted octanol–water partition coefficient (Wildman–Crippen LogP) is 3.16. The zero-order chi connectivity index (χ0) is 20.3. The Morgan fingerprint density at radius 1 is 1.29 bits per heavy atom. The molecule has 6 nitrogen and oxygen atoms in total. The largest absolute Gasteiger partial charge is 0.416 e. The summed E-state index contributed by atoms with van der Waals surface area (Å²) < 4.78 is 38.7. The molecule has 1 atom stereocenters. The highest BCUT2D eigenvalue weighted by Crippen LogP contribution is 2.30. The molecule has 1 aliphatic heterocycles. The van der Waals surface area contributed by atoms with Gasteiger partial charge in [-0.3, -0.25) is 4.79 Å². The van der Waals surface area contributed by atoms with Gasteiger partial charge in [-0.15, -0.1) is 0 Å². The highest BCUT2D eigenvalue weighted by molar-refractivity contribution is 5.85. The van der Waals surface area contributed by atoms with E-state index in [-0.39, 0.29) is 12.5 Å². The maximum atomic E-state index is 12.9. The number of halogens is 3. The van der Waals surface area contributed by atoms with Gasteiger partial charge in [-0.05, 0) is 36.6 Å². The van der Waals surface area contributed by atoms with Crippen LogP contribution in [0.1, 0.15) is 24.0 Å². The first-order valence-electron chi connectivity index (χ1n) is 8.96. The predicted molar refractivity (Wildman–Crippen MR) is 99.9 cm³/mol. The fourth-order valence-electron chi connectivity index (χ4n) is 3.12. The zero-order valence-electron chi connectivity index (χ0n) is 15.7. The molecule has 1 unspecified atom stereocenters. The zero-order valence-corrected chi connectivity index (χ0v) is 15.7. The van der Waals surface area contributed by atoms with Crippen LogP contribution in [-0.4, -0.2) is 47.5 Å². The van der Waals surface area contributed by atoms with Crippen molar-refractivity contribution < 1.29 is 18.0 Å². The molecule has 1 aromatic heterocycles. The maximum Gasteiger partial charge on any atom is 0.416 e. The van der Waals surface area contributed by atoms with Gasteiger partial charge in [-0.1, -0.05) is 12.1 Å². The van der Waals surface area contributed by atoms with E-state index in [1.165, 1.54) is 6.07 Å². The number of alkyl halides is 3. The lowest BCUT2D eigenvalue weighted by Crippen LogP contribution is -2.47. The minimum absolute atomic E-state index is 0.138. The number of amides is 1. The van der Waals surface area contributed by atoms with Gasteiger partial charge in [0.15, 0.2) is 0 Å². The van der Waals surface area contributed by atoms with Crippen LogP contribution in [0.15, 0.2) is 36.5 Å². The molecule has 150 valence electrons. The van der Waals surface area contributed by atoms with Crippen LogP contribution in [0.4, 0.5) is 24.9 Å². The molecule has 1 saturated heterocycles. The molecular formula is C19H22F3N5O. The van der Waals surface area contributed by atoms with Crippen molar-refractivity contribution in [2.75, 3.05) is 30.9 Å². The number of benzene rings is 1. The quantitative estimate of drug-likeness (QED) is 0.846. The van der Waals surface area contributed by atoms with Crippen LogP contribution in [0.25, 0.3) is 0 Å². The smallest absolute Gasteiger partial charge is 0.363 e.